The van der Waals surface area contributed by atoms with Crippen molar-refractivity contribution in [1.82, 2.24) is 16.2 Å². The second-order valence-electron chi connectivity index (χ2n) is 7.37. The topological polar surface area (TPSA) is 87.3 Å². The maximum atomic E-state index is 12.5. The van der Waals surface area contributed by atoms with Gasteiger partial charge in [-0.15, -0.1) is 0 Å². The Morgan fingerprint density at radius 3 is 2.15 bits per heavy atom. The number of aryl methyl sites for hydroxylation is 1. The molecular weight excluding hydrogens is 330 g/mol. The van der Waals surface area contributed by atoms with E-state index in [1.54, 1.807) is 12.1 Å². The first-order valence-electron chi connectivity index (χ1n) is 9.35. The second-order valence-corrected chi connectivity index (χ2v) is 7.37. The van der Waals surface area contributed by atoms with E-state index in [2.05, 4.69) is 16.2 Å². The number of carbonyl (C=O) groups excluding carboxylic acids is 3. The van der Waals surface area contributed by atoms with Crippen LogP contribution in [0.1, 0.15) is 61.9 Å². The Morgan fingerprint density at radius 2 is 1.58 bits per heavy atom. The minimum Gasteiger partial charge on any atom is -0.344 e. The summed E-state index contributed by atoms with van der Waals surface area (Å²) in [5.74, 6) is -0.966. The van der Waals surface area contributed by atoms with Crippen LogP contribution in [-0.2, 0) is 9.59 Å². The Balaban J connectivity index is 1.89. The predicted octanol–water partition coefficient (Wildman–Crippen LogP) is 2.48. The molecule has 0 aromatic heterocycles. The van der Waals surface area contributed by atoms with Gasteiger partial charge in [0.05, 0.1) is 0 Å². The number of hydrogen-bond donors (Lipinski definition) is 3. The van der Waals surface area contributed by atoms with Crippen molar-refractivity contribution in [3.05, 3.63) is 35.4 Å². The molecule has 2 rings (SSSR count). The molecule has 142 valence electrons. The van der Waals surface area contributed by atoms with E-state index in [1.807, 2.05) is 32.9 Å². The summed E-state index contributed by atoms with van der Waals surface area (Å²) in [7, 11) is 0. The van der Waals surface area contributed by atoms with Crippen LogP contribution in [0.5, 0.6) is 0 Å². The average Bonchev–Trinajstić information content (AvgIpc) is 2.64. The molecule has 0 spiro atoms. The van der Waals surface area contributed by atoms with Gasteiger partial charge in [0.25, 0.3) is 11.8 Å². The van der Waals surface area contributed by atoms with E-state index >= 15 is 0 Å². The highest BCUT2D eigenvalue weighted by molar-refractivity contribution is 5.96. The highest BCUT2D eigenvalue weighted by atomic mass is 16.2. The van der Waals surface area contributed by atoms with E-state index in [-0.39, 0.29) is 23.7 Å². The molecule has 1 aromatic rings. The Labute approximate surface area is 155 Å². The summed E-state index contributed by atoms with van der Waals surface area (Å²) in [6.45, 7) is 5.67. The van der Waals surface area contributed by atoms with Crippen molar-refractivity contribution >= 4 is 17.7 Å². The third kappa shape index (κ3) is 5.58. The van der Waals surface area contributed by atoms with Crippen molar-refractivity contribution in [2.45, 2.75) is 58.9 Å². The molecule has 0 bridgehead atoms. The lowest BCUT2D eigenvalue weighted by atomic mass is 9.88. The molecular formula is C20H29N3O3. The number of benzene rings is 1. The van der Waals surface area contributed by atoms with Crippen molar-refractivity contribution in [3.63, 3.8) is 0 Å². The monoisotopic (exact) mass is 359 g/mol. The van der Waals surface area contributed by atoms with Crippen LogP contribution in [0.25, 0.3) is 0 Å². The Morgan fingerprint density at radius 1 is 0.962 bits per heavy atom. The van der Waals surface area contributed by atoms with Gasteiger partial charge >= 0.3 is 0 Å². The number of hydrazine groups is 1. The Hall–Kier alpha value is -2.37. The summed E-state index contributed by atoms with van der Waals surface area (Å²) in [5, 5.41) is 2.85. The van der Waals surface area contributed by atoms with Gasteiger partial charge in [-0.1, -0.05) is 50.8 Å². The van der Waals surface area contributed by atoms with Gasteiger partial charge in [0.15, 0.2) is 0 Å². The van der Waals surface area contributed by atoms with Gasteiger partial charge in [-0.25, -0.2) is 0 Å². The molecule has 0 aliphatic heterocycles. The molecule has 1 saturated carbocycles. The predicted molar refractivity (Wildman–Crippen MR) is 100 cm³/mol. The fourth-order valence-electron chi connectivity index (χ4n) is 3.14. The minimum absolute atomic E-state index is 0.0139. The van der Waals surface area contributed by atoms with Crippen LogP contribution in [0.4, 0.5) is 0 Å². The van der Waals surface area contributed by atoms with Crippen molar-refractivity contribution in [1.29, 1.82) is 0 Å². The molecule has 6 heteroatoms. The molecule has 3 N–H and O–H groups in total. The number of rotatable bonds is 5. The van der Waals surface area contributed by atoms with E-state index in [4.69, 9.17) is 0 Å². The van der Waals surface area contributed by atoms with Crippen LogP contribution in [0.3, 0.4) is 0 Å². The van der Waals surface area contributed by atoms with E-state index in [9.17, 15) is 14.4 Å². The quantitative estimate of drug-likeness (QED) is 0.706. The second kappa shape index (κ2) is 9.36. The van der Waals surface area contributed by atoms with Gasteiger partial charge in [-0.3, -0.25) is 25.2 Å². The third-order valence-electron chi connectivity index (χ3n) is 4.84. The summed E-state index contributed by atoms with van der Waals surface area (Å²) < 4.78 is 0. The average molecular weight is 359 g/mol. The molecule has 0 saturated heterocycles. The normalized spacial score (nSPS) is 16.0. The van der Waals surface area contributed by atoms with E-state index in [1.165, 1.54) is 6.42 Å². The van der Waals surface area contributed by atoms with Gasteiger partial charge in [-0.2, -0.15) is 0 Å². The molecule has 26 heavy (non-hydrogen) atoms. The van der Waals surface area contributed by atoms with Gasteiger partial charge in [0.2, 0.25) is 5.91 Å². The molecule has 1 aliphatic rings. The lowest BCUT2D eigenvalue weighted by molar-refractivity contribution is -0.133. The van der Waals surface area contributed by atoms with Crippen molar-refractivity contribution in [2.75, 3.05) is 0 Å². The fraction of sp³-hybridized carbons (Fsp3) is 0.550. The molecule has 0 unspecified atom stereocenters. The minimum atomic E-state index is -0.678. The number of nitrogens with one attached hydrogen (secondary N) is 3. The van der Waals surface area contributed by atoms with Gasteiger partial charge < -0.3 is 5.32 Å². The number of carbonyl (C=O) groups is 3. The summed E-state index contributed by atoms with van der Waals surface area (Å²) >= 11 is 0. The zero-order valence-corrected chi connectivity index (χ0v) is 15.8. The largest absolute Gasteiger partial charge is 0.344 e. The summed E-state index contributed by atoms with van der Waals surface area (Å²) in [4.78, 5) is 37.0. The molecule has 1 fully saturated rings. The molecule has 6 nitrogen and oxygen atoms in total. The smallest absolute Gasteiger partial charge is 0.269 e. The molecule has 1 aliphatic carbocycles. The number of amides is 3. The van der Waals surface area contributed by atoms with Crippen LogP contribution < -0.4 is 16.2 Å². The highest BCUT2D eigenvalue weighted by Gasteiger charge is 2.28. The molecule has 0 heterocycles. The van der Waals surface area contributed by atoms with Crippen molar-refractivity contribution in [2.24, 2.45) is 11.8 Å². The van der Waals surface area contributed by atoms with Crippen LogP contribution in [0.15, 0.2) is 24.3 Å². The summed E-state index contributed by atoms with van der Waals surface area (Å²) in [6, 6.07) is 6.38. The first kappa shape index (κ1) is 19.9. The van der Waals surface area contributed by atoms with Crippen molar-refractivity contribution in [3.8, 4) is 0 Å². The maximum absolute atomic E-state index is 12.5. The van der Waals surface area contributed by atoms with Gasteiger partial charge in [0.1, 0.15) is 6.04 Å². The molecule has 1 aromatic carbocycles. The first-order chi connectivity index (χ1) is 12.4. The lowest BCUT2D eigenvalue weighted by Gasteiger charge is -2.26. The van der Waals surface area contributed by atoms with E-state index in [0.29, 0.717) is 5.56 Å². The zero-order chi connectivity index (χ0) is 19.1. The van der Waals surface area contributed by atoms with Gasteiger partial charge in [0, 0.05) is 11.5 Å². The van der Waals surface area contributed by atoms with Crippen LogP contribution >= 0.6 is 0 Å². The fourth-order valence-corrected chi connectivity index (χ4v) is 3.14. The van der Waals surface area contributed by atoms with E-state index in [0.717, 1.165) is 31.2 Å². The summed E-state index contributed by atoms with van der Waals surface area (Å²) in [6.07, 6.45) is 5.04. The first-order valence-corrected chi connectivity index (χ1v) is 9.35. The van der Waals surface area contributed by atoms with Crippen LogP contribution in [0.2, 0.25) is 0 Å². The Kier molecular flexibility index (Phi) is 7.18. The lowest BCUT2D eigenvalue weighted by Crippen LogP contribution is -2.55. The van der Waals surface area contributed by atoms with E-state index < -0.39 is 11.9 Å². The maximum Gasteiger partial charge on any atom is 0.269 e. The molecule has 0 radical (unpaired) electrons. The zero-order valence-electron chi connectivity index (χ0n) is 15.8. The van der Waals surface area contributed by atoms with Crippen LogP contribution in [-0.4, -0.2) is 23.8 Å². The van der Waals surface area contributed by atoms with Crippen LogP contribution in [0, 0.1) is 18.8 Å². The van der Waals surface area contributed by atoms with Crippen molar-refractivity contribution < 1.29 is 14.4 Å². The SMILES string of the molecule is Cc1ccc(C(=O)NNC(=O)[C@H](NC(=O)C2CCCCC2)C(C)C)cc1. The van der Waals surface area contributed by atoms with Gasteiger partial charge in [-0.05, 0) is 37.8 Å². The third-order valence-corrected chi connectivity index (χ3v) is 4.84. The number of hydrogen-bond acceptors (Lipinski definition) is 3. The Bertz CT molecular complexity index is 634. The summed E-state index contributed by atoms with van der Waals surface area (Å²) in [5.41, 5.74) is 6.36. The highest BCUT2D eigenvalue weighted by Crippen LogP contribution is 2.24. The molecule has 3 amide bonds. The molecule has 1 atom stereocenters. The standard InChI is InChI=1S/C20H29N3O3/c1-13(2)17(21-18(24)15-7-5-4-6-8-15)20(26)23-22-19(25)16-11-9-14(3)10-12-16/h9-13,15,17H,4-8H2,1-3H3,(H,21,24)(H,22,25)(H,23,26)/t17-/m1/s1.